The molecule has 3 heteroatoms. The first-order chi connectivity index (χ1) is 8.00. The van der Waals surface area contributed by atoms with E-state index in [4.69, 9.17) is 4.74 Å². The van der Waals surface area contributed by atoms with Gasteiger partial charge in [0.2, 0.25) is 0 Å². The van der Waals surface area contributed by atoms with E-state index in [0.29, 0.717) is 17.2 Å². The number of hydrogen-bond acceptors (Lipinski definition) is 3. The number of rotatable bonds is 3. The fraction of sp³-hybridized carbons (Fsp3) is 0.571. The van der Waals surface area contributed by atoms with E-state index in [2.05, 4.69) is 19.2 Å². The van der Waals surface area contributed by atoms with E-state index in [-0.39, 0.29) is 5.75 Å². The third-order valence-corrected chi connectivity index (χ3v) is 3.52. The van der Waals surface area contributed by atoms with Gasteiger partial charge in [0.05, 0.1) is 7.11 Å². The Kier molecular flexibility index (Phi) is 3.18. The number of phenols is 1. The Morgan fingerprint density at radius 1 is 1.41 bits per heavy atom. The van der Waals surface area contributed by atoms with Crippen molar-refractivity contribution in [2.45, 2.75) is 39.2 Å². The SMILES string of the molecule is COc1ccc(NC2CCC(C)(C)C2)cc1O. The van der Waals surface area contributed by atoms with Crippen LogP contribution in [0.15, 0.2) is 18.2 Å². The van der Waals surface area contributed by atoms with Crippen molar-refractivity contribution in [2.24, 2.45) is 5.41 Å². The first kappa shape index (κ1) is 12.1. The summed E-state index contributed by atoms with van der Waals surface area (Å²) in [6.07, 6.45) is 3.63. The zero-order chi connectivity index (χ0) is 12.5. The molecule has 2 rings (SSSR count). The summed E-state index contributed by atoms with van der Waals surface area (Å²) in [7, 11) is 1.56. The lowest BCUT2D eigenvalue weighted by molar-refractivity contribution is 0.373. The first-order valence-electron chi connectivity index (χ1n) is 6.14. The highest BCUT2D eigenvalue weighted by molar-refractivity contribution is 5.54. The summed E-state index contributed by atoms with van der Waals surface area (Å²) < 4.78 is 5.03. The first-order valence-corrected chi connectivity index (χ1v) is 6.14. The van der Waals surface area contributed by atoms with Gasteiger partial charge >= 0.3 is 0 Å². The van der Waals surface area contributed by atoms with E-state index in [1.807, 2.05) is 6.07 Å². The molecule has 0 heterocycles. The predicted octanol–water partition coefficient (Wildman–Crippen LogP) is 3.39. The molecule has 1 fully saturated rings. The largest absolute Gasteiger partial charge is 0.504 e. The van der Waals surface area contributed by atoms with E-state index in [1.165, 1.54) is 19.3 Å². The van der Waals surface area contributed by atoms with Crippen molar-refractivity contribution in [1.82, 2.24) is 0 Å². The smallest absolute Gasteiger partial charge is 0.160 e. The molecular weight excluding hydrogens is 214 g/mol. The Morgan fingerprint density at radius 3 is 2.71 bits per heavy atom. The number of hydrogen-bond donors (Lipinski definition) is 2. The van der Waals surface area contributed by atoms with Crippen molar-refractivity contribution < 1.29 is 9.84 Å². The molecule has 1 atom stereocenters. The average Bonchev–Trinajstić information content (AvgIpc) is 2.58. The Balaban J connectivity index is 2.02. The third-order valence-electron chi connectivity index (χ3n) is 3.52. The quantitative estimate of drug-likeness (QED) is 0.843. The average molecular weight is 235 g/mol. The Hall–Kier alpha value is -1.38. The summed E-state index contributed by atoms with van der Waals surface area (Å²) in [5.74, 6) is 0.706. The van der Waals surface area contributed by atoms with Crippen LogP contribution in [0.5, 0.6) is 11.5 Å². The number of methoxy groups -OCH3 is 1. The fourth-order valence-electron chi connectivity index (χ4n) is 2.57. The van der Waals surface area contributed by atoms with Crippen LogP contribution in [0.1, 0.15) is 33.1 Å². The van der Waals surface area contributed by atoms with Gasteiger partial charge in [-0.25, -0.2) is 0 Å². The minimum absolute atomic E-state index is 0.190. The van der Waals surface area contributed by atoms with E-state index in [0.717, 1.165) is 5.69 Å². The van der Waals surface area contributed by atoms with Crippen LogP contribution < -0.4 is 10.1 Å². The minimum Gasteiger partial charge on any atom is -0.504 e. The number of benzene rings is 1. The van der Waals surface area contributed by atoms with Gasteiger partial charge < -0.3 is 15.2 Å². The molecule has 1 aliphatic carbocycles. The highest BCUT2D eigenvalue weighted by Gasteiger charge is 2.30. The predicted molar refractivity (Wildman–Crippen MR) is 69.7 cm³/mol. The van der Waals surface area contributed by atoms with Gasteiger partial charge in [0.15, 0.2) is 11.5 Å². The summed E-state index contributed by atoms with van der Waals surface area (Å²) in [5, 5.41) is 13.2. The second-order valence-electron chi connectivity index (χ2n) is 5.63. The molecule has 3 nitrogen and oxygen atoms in total. The molecule has 0 radical (unpaired) electrons. The Labute approximate surface area is 103 Å². The van der Waals surface area contributed by atoms with Crippen LogP contribution in [0.4, 0.5) is 5.69 Å². The molecule has 0 aromatic heterocycles. The molecule has 1 aliphatic rings. The molecule has 1 aromatic carbocycles. The normalized spacial score (nSPS) is 22.4. The summed E-state index contributed by atoms with van der Waals surface area (Å²) in [5.41, 5.74) is 1.40. The van der Waals surface area contributed by atoms with Crippen LogP contribution in [-0.4, -0.2) is 18.3 Å². The van der Waals surface area contributed by atoms with E-state index < -0.39 is 0 Å². The maximum Gasteiger partial charge on any atom is 0.160 e. The van der Waals surface area contributed by atoms with E-state index >= 15 is 0 Å². The van der Waals surface area contributed by atoms with Gasteiger partial charge in [-0.2, -0.15) is 0 Å². The second-order valence-corrected chi connectivity index (χ2v) is 5.63. The summed E-state index contributed by atoms with van der Waals surface area (Å²) >= 11 is 0. The topological polar surface area (TPSA) is 41.5 Å². The van der Waals surface area contributed by atoms with Crippen LogP contribution >= 0.6 is 0 Å². The van der Waals surface area contributed by atoms with Crippen LogP contribution in [-0.2, 0) is 0 Å². The maximum absolute atomic E-state index is 9.70. The highest BCUT2D eigenvalue weighted by atomic mass is 16.5. The van der Waals surface area contributed by atoms with E-state index in [9.17, 15) is 5.11 Å². The lowest BCUT2D eigenvalue weighted by Crippen LogP contribution is -2.17. The van der Waals surface area contributed by atoms with Gasteiger partial charge in [0.25, 0.3) is 0 Å². The molecule has 17 heavy (non-hydrogen) atoms. The number of aromatic hydroxyl groups is 1. The van der Waals surface area contributed by atoms with Gasteiger partial charge in [-0.3, -0.25) is 0 Å². The van der Waals surface area contributed by atoms with Crippen LogP contribution in [0.25, 0.3) is 0 Å². The van der Waals surface area contributed by atoms with Crippen LogP contribution in [0.2, 0.25) is 0 Å². The molecule has 0 aliphatic heterocycles. The van der Waals surface area contributed by atoms with Crippen molar-refractivity contribution in [1.29, 1.82) is 0 Å². The minimum atomic E-state index is 0.190. The number of nitrogens with one attached hydrogen (secondary N) is 1. The number of ether oxygens (including phenoxy) is 1. The van der Waals surface area contributed by atoms with Crippen molar-refractivity contribution >= 4 is 5.69 Å². The molecule has 94 valence electrons. The number of anilines is 1. The molecule has 1 aromatic rings. The molecule has 0 amide bonds. The van der Waals surface area contributed by atoms with Gasteiger partial charge in [-0.15, -0.1) is 0 Å². The van der Waals surface area contributed by atoms with Crippen molar-refractivity contribution in [3.05, 3.63) is 18.2 Å². The molecule has 0 saturated heterocycles. The second kappa shape index (κ2) is 4.47. The third kappa shape index (κ3) is 2.84. The van der Waals surface area contributed by atoms with Crippen molar-refractivity contribution in [3.63, 3.8) is 0 Å². The lowest BCUT2D eigenvalue weighted by atomic mass is 9.92. The zero-order valence-corrected chi connectivity index (χ0v) is 10.8. The van der Waals surface area contributed by atoms with Crippen LogP contribution in [0, 0.1) is 5.41 Å². The standard InChI is InChI=1S/C14H21NO2/c1-14(2)7-6-11(9-14)15-10-4-5-13(17-3)12(16)8-10/h4-5,8,11,15-16H,6-7,9H2,1-3H3. The van der Waals surface area contributed by atoms with Crippen LogP contribution in [0.3, 0.4) is 0 Å². The monoisotopic (exact) mass is 235 g/mol. The van der Waals surface area contributed by atoms with Gasteiger partial charge in [-0.05, 0) is 36.8 Å². The molecular formula is C14H21NO2. The molecule has 1 unspecified atom stereocenters. The van der Waals surface area contributed by atoms with Gasteiger partial charge in [-0.1, -0.05) is 13.8 Å². The molecule has 1 saturated carbocycles. The lowest BCUT2D eigenvalue weighted by Gasteiger charge is -2.19. The number of phenolic OH excluding ortho intramolecular Hbond substituents is 1. The summed E-state index contributed by atoms with van der Waals surface area (Å²) in [4.78, 5) is 0. The Bertz CT molecular complexity index is 401. The molecule has 2 N–H and O–H groups in total. The van der Waals surface area contributed by atoms with Crippen molar-refractivity contribution in [2.75, 3.05) is 12.4 Å². The zero-order valence-electron chi connectivity index (χ0n) is 10.8. The van der Waals surface area contributed by atoms with Crippen molar-refractivity contribution in [3.8, 4) is 11.5 Å². The summed E-state index contributed by atoms with van der Waals surface area (Å²) in [6, 6.07) is 5.98. The highest BCUT2D eigenvalue weighted by Crippen LogP contribution is 2.39. The van der Waals surface area contributed by atoms with Gasteiger partial charge in [0, 0.05) is 17.8 Å². The fourth-order valence-corrected chi connectivity index (χ4v) is 2.57. The molecule has 0 spiro atoms. The van der Waals surface area contributed by atoms with E-state index in [1.54, 1.807) is 19.2 Å². The molecule has 0 bridgehead atoms. The van der Waals surface area contributed by atoms with Gasteiger partial charge in [0.1, 0.15) is 0 Å². The Morgan fingerprint density at radius 2 is 2.18 bits per heavy atom. The summed E-state index contributed by atoms with van der Waals surface area (Å²) in [6.45, 7) is 4.61. The maximum atomic E-state index is 9.70.